The van der Waals surface area contributed by atoms with Gasteiger partial charge in [0, 0.05) is 6.54 Å². The average Bonchev–Trinajstić information content (AvgIpc) is 2.39. The van der Waals surface area contributed by atoms with Crippen molar-refractivity contribution in [3.8, 4) is 0 Å². The monoisotopic (exact) mass is 259 g/mol. The largest absolute Gasteiger partial charge is 0.376 e. The van der Waals surface area contributed by atoms with E-state index < -0.39 is 0 Å². The molecule has 0 bridgehead atoms. The van der Waals surface area contributed by atoms with E-state index in [9.17, 15) is 0 Å². The lowest BCUT2D eigenvalue weighted by Gasteiger charge is -2.23. The Bertz CT molecular complexity index is 372. The number of nitrogens with zero attached hydrogens (tertiary/aromatic N) is 2. The van der Waals surface area contributed by atoms with Gasteiger partial charge in [-0.2, -0.15) is 4.98 Å². The maximum atomic E-state index is 5.94. The van der Waals surface area contributed by atoms with Gasteiger partial charge >= 0.3 is 0 Å². The highest BCUT2D eigenvalue weighted by molar-refractivity contribution is 6.32. The Morgan fingerprint density at radius 3 is 3.12 bits per heavy atom. The van der Waals surface area contributed by atoms with Crippen molar-refractivity contribution in [3.63, 3.8) is 0 Å². The Labute approximate surface area is 104 Å². The molecule has 0 aromatic carbocycles. The Kier molecular flexibility index (Phi) is 4.32. The van der Waals surface area contributed by atoms with Crippen molar-refractivity contribution in [3.05, 3.63) is 11.2 Å². The zero-order valence-electron chi connectivity index (χ0n) is 9.15. The van der Waals surface area contributed by atoms with Crippen LogP contribution in [0.5, 0.6) is 0 Å². The second kappa shape index (κ2) is 5.97. The smallest absolute Gasteiger partial charge is 0.239 e. The van der Waals surface area contributed by atoms with Gasteiger partial charge in [-0.3, -0.25) is 5.43 Å². The second-order valence-corrected chi connectivity index (χ2v) is 3.89. The zero-order valence-corrected chi connectivity index (χ0v) is 9.91. The zero-order chi connectivity index (χ0) is 12.1. The molecule has 1 aromatic rings. The molecule has 1 unspecified atom stereocenters. The summed E-state index contributed by atoms with van der Waals surface area (Å²) in [6.07, 6.45) is 1.48. The quantitative estimate of drug-likeness (QED) is 0.527. The number of halogens is 1. The number of rotatable bonds is 4. The van der Waals surface area contributed by atoms with Gasteiger partial charge in [0.15, 0.2) is 5.82 Å². The van der Waals surface area contributed by atoms with Crippen LogP contribution in [0.1, 0.15) is 0 Å². The van der Waals surface area contributed by atoms with Gasteiger partial charge in [0.2, 0.25) is 5.95 Å². The van der Waals surface area contributed by atoms with Crippen LogP contribution in [0.2, 0.25) is 5.02 Å². The molecule has 94 valence electrons. The van der Waals surface area contributed by atoms with Crippen LogP contribution in [-0.4, -0.2) is 42.4 Å². The molecule has 0 aliphatic carbocycles. The third kappa shape index (κ3) is 3.40. The molecule has 1 aliphatic rings. The summed E-state index contributed by atoms with van der Waals surface area (Å²) in [7, 11) is 0. The summed E-state index contributed by atoms with van der Waals surface area (Å²) in [5, 5.41) is 3.50. The number of nitrogen functional groups attached to an aromatic ring is 1. The predicted molar refractivity (Wildman–Crippen MR) is 63.9 cm³/mol. The van der Waals surface area contributed by atoms with E-state index in [0.717, 1.165) is 0 Å². The summed E-state index contributed by atoms with van der Waals surface area (Å²) in [5.41, 5.74) is 2.36. The molecule has 2 heterocycles. The summed E-state index contributed by atoms with van der Waals surface area (Å²) in [6.45, 7) is 2.39. The molecule has 17 heavy (non-hydrogen) atoms. The molecule has 0 radical (unpaired) electrons. The molecular formula is C9H14ClN5O2. The van der Waals surface area contributed by atoms with Gasteiger partial charge in [0.25, 0.3) is 0 Å². The standard InChI is InChI=1S/C9H14ClN5O2/c10-7-4-13-9(15-11)14-8(7)12-3-6-5-16-1-2-17-6/h4,6H,1-3,5,11H2,(H2,12,13,14,15). The van der Waals surface area contributed by atoms with Crippen LogP contribution >= 0.6 is 11.6 Å². The number of hydrogen-bond acceptors (Lipinski definition) is 7. The van der Waals surface area contributed by atoms with Crippen molar-refractivity contribution < 1.29 is 9.47 Å². The molecule has 0 spiro atoms. The highest BCUT2D eigenvalue weighted by Gasteiger charge is 2.15. The Balaban J connectivity index is 1.92. The minimum absolute atomic E-state index is 0.00377. The predicted octanol–water partition coefficient (Wildman–Crippen LogP) is 0.243. The fraction of sp³-hybridized carbons (Fsp3) is 0.556. The fourth-order valence-corrected chi connectivity index (χ4v) is 1.58. The van der Waals surface area contributed by atoms with Gasteiger partial charge in [0.05, 0.1) is 32.1 Å². The maximum absolute atomic E-state index is 5.94. The van der Waals surface area contributed by atoms with E-state index in [-0.39, 0.29) is 6.10 Å². The lowest BCUT2D eigenvalue weighted by Crippen LogP contribution is -2.34. The highest BCUT2D eigenvalue weighted by atomic mass is 35.5. The van der Waals surface area contributed by atoms with E-state index >= 15 is 0 Å². The van der Waals surface area contributed by atoms with E-state index in [1.807, 2.05) is 0 Å². The van der Waals surface area contributed by atoms with Crippen molar-refractivity contribution in [1.29, 1.82) is 0 Å². The number of ether oxygens (including phenoxy) is 2. The third-order valence-corrected chi connectivity index (χ3v) is 2.53. The number of nitrogens with two attached hydrogens (primary N) is 1. The molecular weight excluding hydrogens is 246 g/mol. The normalized spacial score (nSPS) is 20.0. The minimum atomic E-state index is 0.00377. The van der Waals surface area contributed by atoms with Gasteiger partial charge < -0.3 is 14.8 Å². The maximum Gasteiger partial charge on any atom is 0.239 e. The van der Waals surface area contributed by atoms with Crippen LogP contribution in [0.3, 0.4) is 0 Å². The number of nitrogens with one attached hydrogen (secondary N) is 2. The third-order valence-electron chi connectivity index (χ3n) is 2.26. The molecule has 8 heteroatoms. The van der Waals surface area contributed by atoms with Crippen LogP contribution in [0, 0.1) is 0 Å². The van der Waals surface area contributed by atoms with Crippen molar-refractivity contribution in [2.24, 2.45) is 5.84 Å². The molecule has 1 fully saturated rings. The van der Waals surface area contributed by atoms with Crippen molar-refractivity contribution in [1.82, 2.24) is 9.97 Å². The first kappa shape index (κ1) is 12.3. The second-order valence-electron chi connectivity index (χ2n) is 3.48. The Morgan fingerprint density at radius 1 is 1.53 bits per heavy atom. The van der Waals surface area contributed by atoms with Crippen LogP contribution in [0.15, 0.2) is 6.20 Å². The van der Waals surface area contributed by atoms with Crippen LogP contribution in [0.4, 0.5) is 11.8 Å². The number of hydrogen-bond donors (Lipinski definition) is 3. The van der Waals surface area contributed by atoms with Gasteiger partial charge in [-0.1, -0.05) is 11.6 Å². The molecule has 2 rings (SSSR count). The number of aromatic nitrogens is 2. The molecule has 1 atom stereocenters. The average molecular weight is 260 g/mol. The SMILES string of the molecule is NNc1ncc(Cl)c(NCC2COCCO2)n1. The van der Waals surface area contributed by atoms with Crippen LogP contribution in [-0.2, 0) is 9.47 Å². The Hall–Kier alpha value is -1.15. The van der Waals surface area contributed by atoms with Crippen molar-refractivity contribution >= 4 is 23.4 Å². The van der Waals surface area contributed by atoms with Crippen LogP contribution < -0.4 is 16.6 Å². The molecule has 0 amide bonds. The topological polar surface area (TPSA) is 94.3 Å². The first-order valence-electron chi connectivity index (χ1n) is 5.22. The van der Waals surface area contributed by atoms with Gasteiger partial charge in [-0.15, -0.1) is 0 Å². The van der Waals surface area contributed by atoms with Crippen molar-refractivity contribution in [2.45, 2.75) is 6.10 Å². The van der Waals surface area contributed by atoms with E-state index in [2.05, 4.69) is 20.7 Å². The summed E-state index contributed by atoms with van der Waals surface area (Å²) in [5.74, 6) is 6.04. The molecule has 0 saturated carbocycles. The molecule has 7 nitrogen and oxygen atoms in total. The Morgan fingerprint density at radius 2 is 2.41 bits per heavy atom. The highest BCUT2D eigenvalue weighted by Crippen LogP contribution is 2.19. The fourth-order valence-electron chi connectivity index (χ4n) is 1.43. The summed E-state index contributed by atoms with van der Waals surface area (Å²) < 4.78 is 10.8. The number of anilines is 2. The van der Waals surface area contributed by atoms with Crippen LogP contribution in [0.25, 0.3) is 0 Å². The van der Waals surface area contributed by atoms with Gasteiger partial charge in [-0.25, -0.2) is 10.8 Å². The van der Waals surface area contributed by atoms with E-state index in [1.54, 1.807) is 0 Å². The minimum Gasteiger partial charge on any atom is -0.376 e. The lowest BCUT2D eigenvalue weighted by molar-refractivity contribution is -0.0819. The first-order chi connectivity index (χ1) is 8.29. The van der Waals surface area contributed by atoms with Gasteiger partial charge in [0.1, 0.15) is 5.02 Å². The lowest BCUT2D eigenvalue weighted by atomic mass is 10.3. The van der Waals surface area contributed by atoms with E-state index in [0.29, 0.717) is 43.2 Å². The summed E-state index contributed by atoms with van der Waals surface area (Å²) in [4.78, 5) is 7.97. The molecule has 1 aliphatic heterocycles. The van der Waals surface area contributed by atoms with Crippen molar-refractivity contribution in [2.75, 3.05) is 37.1 Å². The summed E-state index contributed by atoms with van der Waals surface area (Å²) in [6, 6.07) is 0. The molecule has 1 saturated heterocycles. The number of hydrazine groups is 1. The summed E-state index contributed by atoms with van der Waals surface area (Å²) >= 11 is 5.94. The van der Waals surface area contributed by atoms with E-state index in [4.69, 9.17) is 26.9 Å². The first-order valence-corrected chi connectivity index (χ1v) is 5.60. The molecule has 1 aromatic heterocycles. The van der Waals surface area contributed by atoms with Gasteiger partial charge in [-0.05, 0) is 0 Å². The van der Waals surface area contributed by atoms with E-state index in [1.165, 1.54) is 6.20 Å². The molecule has 4 N–H and O–H groups in total.